The molecule has 1 unspecified atom stereocenters. The van der Waals surface area contributed by atoms with Gasteiger partial charge in [-0.15, -0.1) is 11.6 Å². The molecule has 0 saturated heterocycles. The maximum atomic E-state index is 8.80. The maximum Gasteiger partial charge on any atom is 0.0586 e. The summed E-state index contributed by atoms with van der Waals surface area (Å²) in [4.78, 5) is 0. The molecule has 0 fully saturated rings. The van der Waals surface area contributed by atoms with Gasteiger partial charge in [-0.3, -0.25) is 0 Å². The summed E-state index contributed by atoms with van der Waals surface area (Å²) in [7, 11) is 0. The second-order valence-electron chi connectivity index (χ2n) is 4.32. The minimum Gasteiger partial charge on any atom is -0.396 e. The van der Waals surface area contributed by atoms with Crippen LogP contribution >= 0.6 is 11.6 Å². The number of aliphatic hydroxyl groups is 1. The summed E-state index contributed by atoms with van der Waals surface area (Å²) in [5, 5.41) is 8.78. The van der Waals surface area contributed by atoms with Gasteiger partial charge in [0, 0.05) is 6.61 Å². The first-order chi connectivity index (χ1) is 8.81. The Kier molecular flexibility index (Phi) is 4.80. The number of hydrogen-bond acceptors (Lipinski definition) is 1. The Hall–Kier alpha value is -1.31. The molecule has 0 radical (unpaired) electrons. The highest BCUT2D eigenvalue weighted by Gasteiger charge is 2.07. The lowest BCUT2D eigenvalue weighted by molar-refractivity contribution is 0.284. The van der Waals surface area contributed by atoms with Gasteiger partial charge in [-0.2, -0.15) is 0 Å². The van der Waals surface area contributed by atoms with Crippen LogP contribution in [0.15, 0.2) is 54.6 Å². The largest absolute Gasteiger partial charge is 0.396 e. The van der Waals surface area contributed by atoms with Gasteiger partial charge >= 0.3 is 0 Å². The first-order valence-electron chi connectivity index (χ1n) is 6.21. The summed E-state index contributed by atoms with van der Waals surface area (Å²) in [5.74, 6) is 0. The zero-order chi connectivity index (χ0) is 12.8. The summed E-state index contributed by atoms with van der Waals surface area (Å²) in [6.07, 6.45) is 1.55. The van der Waals surface area contributed by atoms with E-state index >= 15 is 0 Å². The second-order valence-corrected chi connectivity index (χ2v) is 4.85. The molecule has 1 atom stereocenters. The van der Waals surface area contributed by atoms with E-state index < -0.39 is 0 Å². The lowest BCUT2D eigenvalue weighted by Crippen LogP contribution is -1.93. The maximum absolute atomic E-state index is 8.80. The van der Waals surface area contributed by atoms with E-state index in [-0.39, 0.29) is 12.0 Å². The Labute approximate surface area is 113 Å². The van der Waals surface area contributed by atoms with Crippen molar-refractivity contribution in [1.82, 2.24) is 0 Å². The fourth-order valence-electron chi connectivity index (χ4n) is 1.95. The molecule has 94 valence electrons. The molecule has 0 aliphatic carbocycles. The zero-order valence-corrected chi connectivity index (χ0v) is 11.0. The molecule has 2 aromatic rings. The zero-order valence-electron chi connectivity index (χ0n) is 10.2. The van der Waals surface area contributed by atoms with Crippen LogP contribution < -0.4 is 0 Å². The Morgan fingerprint density at radius 2 is 1.50 bits per heavy atom. The average Bonchev–Trinajstić information content (AvgIpc) is 2.46. The fraction of sp³-hybridized carbons (Fsp3) is 0.250. The van der Waals surface area contributed by atoms with Gasteiger partial charge in [0.1, 0.15) is 0 Å². The number of aliphatic hydroxyl groups excluding tert-OH is 1. The monoisotopic (exact) mass is 260 g/mol. The van der Waals surface area contributed by atoms with E-state index in [1.165, 1.54) is 11.1 Å². The SMILES string of the molecule is OCCCC(Cl)c1ccc(-c2ccccc2)cc1. The van der Waals surface area contributed by atoms with Crippen LogP contribution in [0.4, 0.5) is 0 Å². The van der Waals surface area contributed by atoms with Crippen molar-refractivity contribution in [2.45, 2.75) is 18.2 Å². The third kappa shape index (κ3) is 3.34. The predicted molar refractivity (Wildman–Crippen MR) is 76.8 cm³/mol. The molecule has 1 N–H and O–H groups in total. The predicted octanol–water partition coefficient (Wildman–Crippen LogP) is 4.41. The van der Waals surface area contributed by atoms with E-state index in [0.717, 1.165) is 18.4 Å². The third-order valence-electron chi connectivity index (χ3n) is 3.00. The molecule has 0 aliphatic rings. The lowest BCUT2D eigenvalue weighted by Gasteiger charge is -2.10. The van der Waals surface area contributed by atoms with Crippen LogP contribution in [-0.4, -0.2) is 11.7 Å². The van der Waals surface area contributed by atoms with Crippen molar-refractivity contribution in [1.29, 1.82) is 0 Å². The van der Waals surface area contributed by atoms with Gasteiger partial charge in [0.2, 0.25) is 0 Å². The van der Waals surface area contributed by atoms with Gasteiger partial charge in [0.25, 0.3) is 0 Å². The smallest absolute Gasteiger partial charge is 0.0586 e. The molecule has 2 heteroatoms. The number of benzene rings is 2. The van der Waals surface area contributed by atoms with Gasteiger partial charge in [0.05, 0.1) is 5.38 Å². The first-order valence-corrected chi connectivity index (χ1v) is 6.65. The van der Waals surface area contributed by atoms with Gasteiger partial charge in [-0.1, -0.05) is 54.6 Å². The van der Waals surface area contributed by atoms with Crippen LogP contribution in [0.2, 0.25) is 0 Å². The molecule has 0 aliphatic heterocycles. The molecule has 0 amide bonds. The highest BCUT2D eigenvalue weighted by atomic mass is 35.5. The van der Waals surface area contributed by atoms with Gasteiger partial charge < -0.3 is 5.11 Å². The van der Waals surface area contributed by atoms with Crippen LogP contribution in [-0.2, 0) is 0 Å². The molecule has 0 aromatic heterocycles. The van der Waals surface area contributed by atoms with E-state index in [9.17, 15) is 0 Å². The quantitative estimate of drug-likeness (QED) is 0.790. The van der Waals surface area contributed by atoms with Gasteiger partial charge in [-0.25, -0.2) is 0 Å². The molecule has 2 aromatic carbocycles. The Bertz CT molecular complexity index is 464. The van der Waals surface area contributed by atoms with Crippen LogP contribution in [0.1, 0.15) is 23.8 Å². The minimum absolute atomic E-state index is 0.0121. The van der Waals surface area contributed by atoms with Crippen molar-refractivity contribution in [3.63, 3.8) is 0 Å². The molecule has 0 heterocycles. The molecule has 0 bridgehead atoms. The number of halogens is 1. The van der Waals surface area contributed by atoms with Crippen LogP contribution in [0.25, 0.3) is 11.1 Å². The van der Waals surface area contributed by atoms with Crippen LogP contribution in [0, 0.1) is 0 Å². The standard InChI is InChI=1S/C16H17ClO/c17-16(7-4-12-18)15-10-8-14(9-11-15)13-5-2-1-3-6-13/h1-3,5-6,8-11,16,18H,4,7,12H2. The van der Waals surface area contributed by atoms with Crippen molar-refractivity contribution in [3.05, 3.63) is 60.2 Å². The lowest BCUT2D eigenvalue weighted by atomic mass is 10.0. The Balaban J connectivity index is 2.10. The van der Waals surface area contributed by atoms with Crippen molar-refractivity contribution in [3.8, 4) is 11.1 Å². The Morgan fingerprint density at radius 1 is 0.889 bits per heavy atom. The molecular weight excluding hydrogens is 244 g/mol. The summed E-state index contributed by atoms with van der Waals surface area (Å²) in [5.41, 5.74) is 3.53. The van der Waals surface area contributed by atoms with E-state index in [1.807, 2.05) is 18.2 Å². The van der Waals surface area contributed by atoms with Crippen LogP contribution in [0.5, 0.6) is 0 Å². The summed E-state index contributed by atoms with van der Waals surface area (Å²) < 4.78 is 0. The molecule has 18 heavy (non-hydrogen) atoms. The van der Waals surface area contributed by atoms with E-state index in [1.54, 1.807) is 0 Å². The molecule has 0 saturated carbocycles. The van der Waals surface area contributed by atoms with Crippen molar-refractivity contribution in [2.75, 3.05) is 6.61 Å². The third-order valence-corrected chi connectivity index (χ3v) is 3.47. The second kappa shape index (κ2) is 6.58. The van der Waals surface area contributed by atoms with Crippen molar-refractivity contribution >= 4 is 11.6 Å². The first kappa shape index (κ1) is 13.1. The molecule has 2 rings (SSSR count). The molecule has 1 nitrogen and oxygen atoms in total. The van der Waals surface area contributed by atoms with Crippen LogP contribution in [0.3, 0.4) is 0 Å². The average molecular weight is 261 g/mol. The number of alkyl halides is 1. The number of rotatable bonds is 5. The van der Waals surface area contributed by atoms with Gasteiger partial charge in [-0.05, 0) is 29.5 Å². The minimum atomic E-state index is -0.0121. The normalized spacial score (nSPS) is 12.3. The van der Waals surface area contributed by atoms with E-state index in [0.29, 0.717) is 0 Å². The van der Waals surface area contributed by atoms with Gasteiger partial charge in [0.15, 0.2) is 0 Å². The number of hydrogen-bond donors (Lipinski definition) is 1. The van der Waals surface area contributed by atoms with E-state index in [4.69, 9.17) is 16.7 Å². The topological polar surface area (TPSA) is 20.2 Å². The Morgan fingerprint density at radius 3 is 2.11 bits per heavy atom. The van der Waals surface area contributed by atoms with Crippen molar-refractivity contribution in [2.24, 2.45) is 0 Å². The highest BCUT2D eigenvalue weighted by molar-refractivity contribution is 6.20. The summed E-state index contributed by atoms with van der Waals surface area (Å²) in [6.45, 7) is 0.200. The summed E-state index contributed by atoms with van der Waals surface area (Å²) in [6, 6.07) is 18.6. The molecular formula is C16H17ClO. The van der Waals surface area contributed by atoms with Crippen molar-refractivity contribution < 1.29 is 5.11 Å². The molecule has 0 spiro atoms. The van der Waals surface area contributed by atoms with E-state index in [2.05, 4.69) is 36.4 Å². The fourth-order valence-corrected chi connectivity index (χ4v) is 2.25. The summed E-state index contributed by atoms with van der Waals surface area (Å²) >= 11 is 6.27. The highest BCUT2D eigenvalue weighted by Crippen LogP contribution is 2.27.